The van der Waals surface area contributed by atoms with E-state index >= 15 is 0 Å². The molecule has 1 aliphatic heterocycles. The number of nitrogens with zero attached hydrogens (tertiary/aromatic N) is 1. The molecule has 0 saturated carbocycles. The summed E-state index contributed by atoms with van der Waals surface area (Å²) in [6.07, 6.45) is 0.788. The van der Waals surface area contributed by atoms with Crippen molar-refractivity contribution < 1.29 is 14.3 Å². The highest BCUT2D eigenvalue weighted by atomic mass is 16.5. The number of nitrogens with two attached hydrogens (primary N) is 1. The number of amides is 3. The van der Waals surface area contributed by atoms with Crippen molar-refractivity contribution >= 4 is 17.6 Å². The Labute approximate surface area is 110 Å². The molecule has 0 unspecified atom stereocenters. The number of anilines is 1. The molecule has 0 aliphatic carbocycles. The van der Waals surface area contributed by atoms with Crippen LogP contribution in [0.1, 0.15) is 5.56 Å². The number of likely N-dealkylation sites (N-methyl/N-ethyl adjacent to an activating group) is 1. The number of nitrogens with one attached hydrogen (secondary N) is 2. The first kappa shape index (κ1) is 13.3. The average Bonchev–Trinajstić information content (AvgIpc) is 2.44. The molecule has 0 spiro atoms. The second-order valence-electron chi connectivity index (χ2n) is 4.12. The minimum Gasteiger partial charge on any atom is -0.482 e. The molecule has 0 fully saturated rings. The van der Waals surface area contributed by atoms with Crippen LogP contribution in [0.15, 0.2) is 18.2 Å². The third-order valence-corrected chi connectivity index (χ3v) is 2.86. The fourth-order valence-electron chi connectivity index (χ4n) is 1.91. The van der Waals surface area contributed by atoms with E-state index in [4.69, 9.17) is 10.6 Å². The summed E-state index contributed by atoms with van der Waals surface area (Å²) in [5.74, 6) is 5.15. The van der Waals surface area contributed by atoms with E-state index in [-0.39, 0.29) is 6.61 Å². The van der Waals surface area contributed by atoms with Gasteiger partial charge in [-0.3, -0.25) is 10.2 Å². The average molecular weight is 264 g/mol. The lowest BCUT2D eigenvalue weighted by molar-refractivity contribution is -0.120. The lowest BCUT2D eigenvalue weighted by atomic mass is 10.1. The molecular formula is C12H16N4O3. The molecule has 102 valence electrons. The third-order valence-electron chi connectivity index (χ3n) is 2.86. The highest BCUT2D eigenvalue weighted by Gasteiger charge is 2.30. The molecular weight excluding hydrogens is 248 g/mol. The number of carbonyl (C=O) groups is 2. The minimum absolute atomic E-state index is 0.170. The third kappa shape index (κ3) is 2.67. The first-order valence-electron chi connectivity index (χ1n) is 5.91. The van der Waals surface area contributed by atoms with E-state index in [0.717, 1.165) is 23.4 Å². The van der Waals surface area contributed by atoms with Gasteiger partial charge in [-0.15, -0.1) is 0 Å². The van der Waals surface area contributed by atoms with Crippen molar-refractivity contribution in [2.45, 2.75) is 6.42 Å². The number of fused-ring (bicyclic) bond motifs is 1. The maximum absolute atomic E-state index is 11.8. The van der Waals surface area contributed by atoms with Crippen LogP contribution in [0.5, 0.6) is 5.75 Å². The van der Waals surface area contributed by atoms with Crippen LogP contribution in [0.4, 0.5) is 10.5 Å². The number of hydrogen-bond donors (Lipinski definition) is 3. The summed E-state index contributed by atoms with van der Waals surface area (Å²) < 4.78 is 5.29. The maximum atomic E-state index is 11.8. The molecule has 4 N–H and O–H groups in total. The zero-order chi connectivity index (χ0) is 13.8. The van der Waals surface area contributed by atoms with Crippen LogP contribution in [0.2, 0.25) is 0 Å². The molecule has 0 bridgehead atoms. The van der Waals surface area contributed by atoms with Gasteiger partial charge in [0.15, 0.2) is 6.61 Å². The van der Waals surface area contributed by atoms with Crippen molar-refractivity contribution in [3.8, 4) is 5.75 Å². The highest BCUT2D eigenvalue weighted by molar-refractivity contribution is 6.16. The molecule has 19 heavy (non-hydrogen) atoms. The van der Waals surface area contributed by atoms with Crippen LogP contribution < -0.4 is 26.2 Å². The quantitative estimate of drug-likeness (QED) is 0.397. The first-order valence-corrected chi connectivity index (χ1v) is 5.91. The zero-order valence-corrected chi connectivity index (χ0v) is 10.6. The number of urea groups is 1. The van der Waals surface area contributed by atoms with Crippen LogP contribution in [0.3, 0.4) is 0 Å². The van der Waals surface area contributed by atoms with Crippen molar-refractivity contribution in [1.29, 1.82) is 0 Å². The number of hydrazine groups is 1. The second-order valence-corrected chi connectivity index (χ2v) is 4.12. The largest absolute Gasteiger partial charge is 0.482 e. The van der Waals surface area contributed by atoms with Crippen LogP contribution in [-0.2, 0) is 11.2 Å². The monoisotopic (exact) mass is 264 g/mol. The van der Waals surface area contributed by atoms with Gasteiger partial charge in [0.25, 0.3) is 5.91 Å². The van der Waals surface area contributed by atoms with E-state index in [1.807, 2.05) is 18.5 Å². The molecule has 1 aromatic carbocycles. The van der Waals surface area contributed by atoms with Crippen LogP contribution >= 0.6 is 0 Å². The fourth-order valence-corrected chi connectivity index (χ4v) is 1.91. The number of imide groups is 1. The summed E-state index contributed by atoms with van der Waals surface area (Å²) in [4.78, 5) is 24.4. The Morgan fingerprint density at radius 3 is 3.00 bits per heavy atom. The summed E-state index contributed by atoms with van der Waals surface area (Å²) in [7, 11) is 1.86. The lowest BCUT2D eigenvalue weighted by Gasteiger charge is -2.27. The Bertz CT molecular complexity index is 504. The van der Waals surface area contributed by atoms with Crippen molar-refractivity contribution in [1.82, 2.24) is 10.7 Å². The maximum Gasteiger partial charge on any atom is 0.343 e. The van der Waals surface area contributed by atoms with Gasteiger partial charge in [-0.05, 0) is 37.7 Å². The number of benzene rings is 1. The van der Waals surface area contributed by atoms with E-state index in [2.05, 4.69) is 5.32 Å². The van der Waals surface area contributed by atoms with Gasteiger partial charge in [0, 0.05) is 0 Å². The topological polar surface area (TPSA) is 96.7 Å². The molecule has 3 amide bonds. The molecule has 7 heteroatoms. The molecule has 0 radical (unpaired) electrons. The van der Waals surface area contributed by atoms with Crippen LogP contribution in [-0.4, -0.2) is 32.1 Å². The standard InChI is InChI=1S/C12H16N4O3/c1-14-5-4-8-2-3-10-9(6-8)16(12(18)15-13)11(17)7-19-10/h2-3,6,14H,4-5,7,13H2,1H3,(H,15,18). The number of ether oxygens (including phenoxy) is 1. The first-order chi connectivity index (χ1) is 9.17. The Morgan fingerprint density at radius 2 is 2.32 bits per heavy atom. The van der Waals surface area contributed by atoms with Gasteiger partial charge >= 0.3 is 6.03 Å². The highest BCUT2D eigenvalue weighted by Crippen LogP contribution is 2.33. The van der Waals surface area contributed by atoms with Gasteiger partial charge in [0.05, 0.1) is 5.69 Å². The lowest BCUT2D eigenvalue weighted by Crippen LogP contribution is -2.50. The van der Waals surface area contributed by atoms with E-state index in [9.17, 15) is 9.59 Å². The summed E-state index contributed by atoms with van der Waals surface area (Å²) in [6.45, 7) is 0.632. The number of rotatable bonds is 3. The van der Waals surface area contributed by atoms with Gasteiger partial charge < -0.3 is 10.1 Å². The van der Waals surface area contributed by atoms with Gasteiger partial charge in [-0.2, -0.15) is 0 Å². The van der Waals surface area contributed by atoms with E-state index < -0.39 is 11.9 Å². The molecule has 0 atom stereocenters. The molecule has 1 aliphatic rings. The Kier molecular flexibility index (Phi) is 3.98. The SMILES string of the molecule is CNCCc1ccc2c(c1)N(C(=O)NN)C(=O)CO2. The summed E-state index contributed by atoms with van der Waals surface area (Å²) in [5, 5.41) is 3.04. The van der Waals surface area contributed by atoms with Crippen LogP contribution in [0, 0.1) is 0 Å². The van der Waals surface area contributed by atoms with Gasteiger partial charge in [0.2, 0.25) is 0 Å². The summed E-state index contributed by atoms with van der Waals surface area (Å²) >= 11 is 0. The summed E-state index contributed by atoms with van der Waals surface area (Å²) in [6, 6.07) is 4.76. The van der Waals surface area contributed by atoms with Gasteiger partial charge in [-0.1, -0.05) is 6.07 Å². The molecule has 1 aromatic rings. The smallest absolute Gasteiger partial charge is 0.343 e. The Balaban J connectivity index is 2.35. The predicted octanol–water partition coefficient (Wildman–Crippen LogP) is -0.243. The molecule has 1 heterocycles. The van der Waals surface area contributed by atoms with Crippen molar-refractivity contribution in [3.05, 3.63) is 23.8 Å². The zero-order valence-electron chi connectivity index (χ0n) is 10.6. The van der Waals surface area contributed by atoms with Crippen molar-refractivity contribution in [2.75, 3.05) is 25.1 Å². The fraction of sp³-hybridized carbons (Fsp3) is 0.333. The molecule has 0 saturated heterocycles. The van der Waals surface area contributed by atoms with Crippen molar-refractivity contribution in [3.63, 3.8) is 0 Å². The normalized spacial score (nSPS) is 13.8. The number of carbonyl (C=O) groups excluding carboxylic acids is 2. The molecule has 7 nitrogen and oxygen atoms in total. The van der Waals surface area contributed by atoms with E-state index in [1.54, 1.807) is 12.1 Å². The second kappa shape index (κ2) is 5.68. The predicted molar refractivity (Wildman–Crippen MR) is 69.8 cm³/mol. The Morgan fingerprint density at radius 1 is 1.53 bits per heavy atom. The molecule has 2 rings (SSSR count). The number of hydrogen-bond acceptors (Lipinski definition) is 5. The summed E-state index contributed by atoms with van der Waals surface area (Å²) in [5.41, 5.74) is 3.39. The van der Waals surface area contributed by atoms with Crippen LogP contribution in [0.25, 0.3) is 0 Å². The van der Waals surface area contributed by atoms with E-state index in [0.29, 0.717) is 11.4 Å². The Hall–Kier alpha value is -2.12. The minimum atomic E-state index is -0.666. The van der Waals surface area contributed by atoms with Gasteiger partial charge in [-0.25, -0.2) is 15.5 Å². The van der Waals surface area contributed by atoms with Gasteiger partial charge in [0.1, 0.15) is 5.75 Å². The van der Waals surface area contributed by atoms with E-state index in [1.165, 1.54) is 0 Å². The molecule has 0 aromatic heterocycles. The van der Waals surface area contributed by atoms with Crippen molar-refractivity contribution in [2.24, 2.45) is 5.84 Å².